The van der Waals surface area contributed by atoms with Crippen molar-refractivity contribution in [2.24, 2.45) is 11.8 Å². The second kappa shape index (κ2) is 6.92. The number of rotatable bonds is 5. The lowest BCUT2D eigenvalue weighted by atomic mass is 9.64. The Balaban J connectivity index is 1.44. The molecule has 0 spiro atoms. The first-order chi connectivity index (χ1) is 12.6. The Kier molecular flexibility index (Phi) is 4.46. The van der Waals surface area contributed by atoms with Gasteiger partial charge in [-0.05, 0) is 18.4 Å². The van der Waals surface area contributed by atoms with Crippen molar-refractivity contribution in [1.82, 2.24) is 15.3 Å². The van der Waals surface area contributed by atoms with Crippen LogP contribution in [-0.2, 0) is 22.4 Å². The van der Waals surface area contributed by atoms with Crippen molar-refractivity contribution >= 4 is 5.91 Å². The van der Waals surface area contributed by atoms with Crippen LogP contribution in [0, 0.1) is 11.8 Å². The monoisotopic (exact) mass is 355 g/mol. The summed E-state index contributed by atoms with van der Waals surface area (Å²) in [5.74, 6) is 0.361. The van der Waals surface area contributed by atoms with Gasteiger partial charge in [-0.3, -0.25) is 14.6 Å². The first kappa shape index (κ1) is 16.8. The van der Waals surface area contributed by atoms with Gasteiger partial charge in [0, 0.05) is 36.2 Å². The van der Waals surface area contributed by atoms with Gasteiger partial charge in [0.05, 0.1) is 12.5 Å². The fraction of sp³-hybridized carbons (Fsp3) is 0.421. The number of ether oxygens (including phenoxy) is 1. The smallest absolute Gasteiger partial charge is 0.325 e. The molecule has 1 amide bonds. The largest absolute Gasteiger partial charge is 0.377 e. The summed E-state index contributed by atoms with van der Waals surface area (Å²) in [5, 5.41) is 3.08. The Morgan fingerprint density at radius 3 is 2.81 bits per heavy atom. The number of nitrogens with one attached hydrogen (secondary N) is 3. The number of carbonyl (C=O) groups is 1. The van der Waals surface area contributed by atoms with E-state index in [4.69, 9.17) is 4.74 Å². The molecule has 1 aromatic carbocycles. The summed E-state index contributed by atoms with van der Waals surface area (Å²) < 4.78 is 5.85. The molecule has 1 saturated heterocycles. The van der Waals surface area contributed by atoms with E-state index in [-0.39, 0.29) is 36.0 Å². The van der Waals surface area contributed by atoms with E-state index in [0.29, 0.717) is 5.92 Å². The minimum atomic E-state index is -0.577. The van der Waals surface area contributed by atoms with Crippen LogP contribution in [0.2, 0.25) is 0 Å². The molecule has 0 bridgehead atoms. The van der Waals surface area contributed by atoms with Crippen LogP contribution < -0.4 is 16.6 Å². The lowest BCUT2D eigenvalue weighted by Crippen LogP contribution is -2.62. The summed E-state index contributed by atoms with van der Waals surface area (Å²) in [6.07, 6.45) is 3.23. The van der Waals surface area contributed by atoms with Crippen molar-refractivity contribution in [3.05, 3.63) is 68.5 Å². The number of H-pyrrole nitrogens is 2. The van der Waals surface area contributed by atoms with Crippen LogP contribution in [0.3, 0.4) is 0 Å². The number of aromatic amines is 2. The standard InChI is InChI=1S/C19H21N3O4/c23-15(9-12-10-20-19(25)22-18(12)24)21-16-13-6-7-26-17(13)14(16)8-11-4-2-1-3-5-11/h1-5,10,13-14,16-17H,6-9H2,(H,21,23)(H2,20,22,24,25)/t13-,14+,16-,17-/m0/s1. The number of fused-ring (bicyclic) bond motifs is 1. The molecule has 2 aromatic rings. The Morgan fingerprint density at radius 1 is 1.23 bits per heavy atom. The maximum Gasteiger partial charge on any atom is 0.325 e. The highest BCUT2D eigenvalue weighted by Crippen LogP contribution is 2.45. The van der Waals surface area contributed by atoms with Gasteiger partial charge in [-0.15, -0.1) is 0 Å². The predicted molar refractivity (Wildman–Crippen MR) is 94.8 cm³/mol. The number of aromatic nitrogens is 2. The van der Waals surface area contributed by atoms with Crippen LogP contribution in [0.5, 0.6) is 0 Å². The van der Waals surface area contributed by atoms with Crippen molar-refractivity contribution in [2.45, 2.75) is 31.4 Å². The van der Waals surface area contributed by atoms with Gasteiger partial charge in [-0.25, -0.2) is 4.79 Å². The van der Waals surface area contributed by atoms with Gasteiger partial charge in [0.1, 0.15) is 0 Å². The van der Waals surface area contributed by atoms with Crippen LogP contribution in [0.4, 0.5) is 0 Å². The van der Waals surface area contributed by atoms with E-state index < -0.39 is 11.2 Å². The fourth-order valence-electron chi connectivity index (χ4n) is 4.15. The van der Waals surface area contributed by atoms with Crippen molar-refractivity contribution in [2.75, 3.05) is 6.61 Å². The third-order valence-electron chi connectivity index (χ3n) is 5.42. The van der Waals surface area contributed by atoms with Gasteiger partial charge >= 0.3 is 5.69 Å². The lowest BCUT2D eigenvalue weighted by molar-refractivity contribution is -0.126. The van der Waals surface area contributed by atoms with Gasteiger partial charge in [0.25, 0.3) is 5.56 Å². The molecule has 1 aliphatic carbocycles. The molecule has 3 N–H and O–H groups in total. The number of hydrogen-bond donors (Lipinski definition) is 3. The molecule has 4 atom stereocenters. The number of amides is 1. The zero-order chi connectivity index (χ0) is 18.1. The molecule has 1 aromatic heterocycles. The van der Waals surface area contributed by atoms with E-state index >= 15 is 0 Å². The number of benzene rings is 1. The van der Waals surface area contributed by atoms with Gasteiger partial charge < -0.3 is 15.0 Å². The van der Waals surface area contributed by atoms with Crippen molar-refractivity contribution < 1.29 is 9.53 Å². The quantitative estimate of drug-likeness (QED) is 0.721. The molecule has 7 heteroatoms. The van der Waals surface area contributed by atoms with E-state index in [1.54, 1.807) is 0 Å². The van der Waals surface area contributed by atoms with E-state index in [1.165, 1.54) is 11.8 Å². The summed E-state index contributed by atoms with van der Waals surface area (Å²) >= 11 is 0. The predicted octanol–water partition coefficient (Wildman–Crippen LogP) is 0.368. The molecular weight excluding hydrogens is 334 g/mol. The van der Waals surface area contributed by atoms with Gasteiger partial charge in [-0.2, -0.15) is 0 Å². The van der Waals surface area contributed by atoms with Crippen LogP contribution in [0.15, 0.2) is 46.1 Å². The molecule has 2 fully saturated rings. The third kappa shape index (κ3) is 3.22. The maximum absolute atomic E-state index is 12.4. The highest BCUT2D eigenvalue weighted by molar-refractivity contribution is 5.79. The minimum absolute atomic E-state index is 0.0528. The number of hydrogen-bond acceptors (Lipinski definition) is 4. The lowest BCUT2D eigenvalue weighted by Gasteiger charge is -2.48. The highest BCUT2D eigenvalue weighted by atomic mass is 16.5. The van der Waals surface area contributed by atoms with E-state index in [9.17, 15) is 14.4 Å². The van der Waals surface area contributed by atoms with Crippen LogP contribution >= 0.6 is 0 Å². The van der Waals surface area contributed by atoms with Gasteiger partial charge in [0.2, 0.25) is 5.91 Å². The van der Waals surface area contributed by atoms with Crippen molar-refractivity contribution in [3.8, 4) is 0 Å². The highest BCUT2D eigenvalue weighted by Gasteiger charge is 2.53. The fourth-order valence-corrected chi connectivity index (χ4v) is 4.15. The van der Waals surface area contributed by atoms with Crippen molar-refractivity contribution in [1.29, 1.82) is 0 Å². The Bertz CT molecular complexity index is 905. The molecular formula is C19H21N3O4. The second-order valence-electron chi connectivity index (χ2n) is 7.01. The summed E-state index contributed by atoms with van der Waals surface area (Å²) in [5.41, 5.74) is 0.371. The van der Waals surface area contributed by atoms with Gasteiger partial charge in [-0.1, -0.05) is 30.3 Å². The van der Waals surface area contributed by atoms with Crippen LogP contribution in [0.25, 0.3) is 0 Å². The Morgan fingerprint density at radius 2 is 2.04 bits per heavy atom. The van der Waals surface area contributed by atoms with E-state index in [0.717, 1.165) is 19.4 Å². The van der Waals surface area contributed by atoms with Crippen LogP contribution in [-0.4, -0.2) is 34.6 Å². The average Bonchev–Trinajstić information content (AvgIpc) is 3.06. The second-order valence-corrected chi connectivity index (χ2v) is 7.01. The first-order valence-corrected chi connectivity index (χ1v) is 8.87. The third-order valence-corrected chi connectivity index (χ3v) is 5.42. The number of carbonyl (C=O) groups excluding carboxylic acids is 1. The molecule has 7 nitrogen and oxygen atoms in total. The summed E-state index contributed by atoms with van der Waals surface area (Å²) in [6, 6.07) is 10.2. The molecule has 26 heavy (non-hydrogen) atoms. The van der Waals surface area contributed by atoms with Crippen LogP contribution in [0.1, 0.15) is 17.5 Å². The molecule has 4 rings (SSSR count). The Labute approximate surface area is 149 Å². The zero-order valence-corrected chi connectivity index (χ0v) is 14.2. The van der Waals surface area contributed by atoms with E-state index in [1.807, 2.05) is 18.2 Å². The molecule has 2 aliphatic rings. The molecule has 1 saturated carbocycles. The maximum atomic E-state index is 12.4. The van der Waals surface area contributed by atoms with Gasteiger partial charge in [0.15, 0.2) is 0 Å². The topological polar surface area (TPSA) is 104 Å². The zero-order valence-electron chi connectivity index (χ0n) is 14.2. The molecule has 0 unspecified atom stereocenters. The van der Waals surface area contributed by atoms with Crippen molar-refractivity contribution in [3.63, 3.8) is 0 Å². The molecule has 1 aliphatic heterocycles. The SMILES string of the molecule is O=C(Cc1c[nH]c(=O)[nH]c1=O)N[C@@H]1[C@@H](Cc2ccccc2)[C@H]2OCC[C@@H]12. The molecule has 136 valence electrons. The average molecular weight is 355 g/mol. The van der Waals surface area contributed by atoms with E-state index in [2.05, 4.69) is 27.4 Å². The summed E-state index contributed by atoms with van der Waals surface area (Å²) in [7, 11) is 0. The molecule has 2 heterocycles. The summed E-state index contributed by atoms with van der Waals surface area (Å²) in [4.78, 5) is 39.8. The Hall–Kier alpha value is -2.67. The summed E-state index contributed by atoms with van der Waals surface area (Å²) in [6.45, 7) is 0.729. The minimum Gasteiger partial charge on any atom is -0.377 e. The normalized spacial score (nSPS) is 26.8. The molecule has 0 radical (unpaired) electrons. The first-order valence-electron chi connectivity index (χ1n) is 8.87.